The quantitative estimate of drug-likeness (QED) is 0.0758. The second kappa shape index (κ2) is 18.4. The summed E-state index contributed by atoms with van der Waals surface area (Å²) in [5.41, 5.74) is 2.16. The van der Waals surface area contributed by atoms with E-state index in [0.717, 1.165) is 63.4 Å². The molecule has 0 amide bonds. The van der Waals surface area contributed by atoms with E-state index in [2.05, 4.69) is 34.6 Å². The van der Waals surface area contributed by atoms with E-state index in [-0.39, 0.29) is 84.0 Å². The summed E-state index contributed by atoms with van der Waals surface area (Å²) in [7, 11) is -14.6. The molecule has 2 saturated heterocycles. The molecule has 23 atom stereocenters. The Morgan fingerprint density at radius 2 is 1.26 bits per heavy atom. The van der Waals surface area contributed by atoms with Crippen molar-refractivity contribution >= 4 is 31.2 Å². The molecule has 23 unspecified atom stereocenters. The van der Waals surface area contributed by atoms with Crippen molar-refractivity contribution in [1.82, 2.24) is 0 Å². The zero-order valence-electron chi connectivity index (χ0n) is 44.6. The molecule has 21 heteroatoms. The molecule has 422 valence electrons. The van der Waals surface area contributed by atoms with Crippen LogP contribution >= 0.6 is 0 Å². The van der Waals surface area contributed by atoms with Crippen LogP contribution in [0.15, 0.2) is 22.3 Å². The molecule has 7 fully saturated rings. The van der Waals surface area contributed by atoms with Crippen molar-refractivity contribution in [2.75, 3.05) is 0 Å². The van der Waals surface area contributed by atoms with Gasteiger partial charge in [-0.3, -0.25) is 13.7 Å². The van der Waals surface area contributed by atoms with Crippen molar-refractivity contribution in [3.63, 3.8) is 0 Å². The minimum Gasteiger partial charge on any atom is -0.390 e. The van der Waals surface area contributed by atoms with Crippen LogP contribution in [0.2, 0.25) is 0 Å². The Morgan fingerprint density at radius 3 is 1.91 bits per heavy atom. The lowest BCUT2D eigenvalue weighted by molar-refractivity contribution is -0.281. The van der Waals surface area contributed by atoms with Crippen molar-refractivity contribution in [3.05, 3.63) is 22.3 Å². The predicted octanol–water partition coefficient (Wildman–Crippen LogP) is 7.09. The summed E-state index contributed by atoms with van der Waals surface area (Å²) in [6.07, 6.45) is 1.89. The molecule has 2 bridgehead atoms. The molecule has 10 rings (SSSR count). The average Bonchev–Trinajstić information content (AvgIpc) is 3.87. The minimum absolute atomic E-state index is 0.0260. The van der Waals surface area contributed by atoms with Gasteiger partial charge in [-0.2, -0.15) is 25.3 Å². The third-order valence-corrected chi connectivity index (χ3v) is 24.6. The molecule has 2 heterocycles. The van der Waals surface area contributed by atoms with Crippen LogP contribution in [0, 0.1) is 80.8 Å². The smallest absolute Gasteiger partial charge is 0.390 e. The first-order valence-electron chi connectivity index (χ1n) is 27.6. The number of hydrogen-bond acceptors (Lipinski definition) is 15. The van der Waals surface area contributed by atoms with E-state index in [1.54, 1.807) is 0 Å². The van der Waals surface area contributed by atoms with Crippen molar-refractivity contribution < 1.29 is 81.4 Å². The normalized spacial score (nSPS) is 49.8. The van der Waals surface area contributed by atoms with Crippen molar-refractivity contribution in [2.45, 2.75) is 225 Å². The van der Waals surface area contributed by atoms with Gasteiger partial charge in [-0.05, 0) is 179 Å². The van der Waals surface area contributed by atoms with E-state index in [4.69, 9.17) is 22.0 Å². The Balaban J connectivity index is 0.876. The van der Waals surface area contributed by atoms with Crippen LogP contribution in [0.25, 0.3) is 0 Å². The summed E-state index contributed by atoms with van der Waals surface area (Å²) in [6.45, 7) is 19.1. The molecule has 7 N–H and O–H groups in total. The predicted molar refractivity (Wildman–Crippen MR) is 268 cm³/mol. The molecular weight excluding hydrogens is 1020 g/mol. The van der Waals surface area contributed by atoms with E-state index in [9.17, 15) is 59.3 Å². The zero-order valence-corrected chi connectivity index (χ0v) is 47.0. The highest BCUT2D eigenvalue weighted by Crippen LogP contribution is 2.70. The third-order valence-electron chi connectivity index (χ3n) is 23.1. The van der Waals surface area contributed by atoms with Gasteiger partial charge in [-0.25, -0.2) is 12.5 Å². The van der Waals surface area contributed by atoms with Crippen LogP contribution in [0.4, 0.5) is 0 Å². The van der Waals surface area contributed by atoms with Gasteiger partial charge in [0.15, 0.2) is 5.79 Å². The Bertz CT molecular complexity index is 2640. The Kier molecular flexibility index (Phi) is 14.0. The Morgan fingerprint density at radius 1 is 0.662 bits per heavy atom. The van der Waals surface area contributed by atoms with Crippen molar-refractivity contribution in [3.8, 4) is 0 Å². The average molecular weight is 1110 g/mol. The maximum Gasteiger partial charge on any atom is 0.397 e. The third kappa shape index (κ3) is 9.20. The van der Waals surface area contributed by atoms with Crippen molar-refractivity contribution in [1.29, 1.82) is 0 Å². The Hall–Kier alpha value is -1.15. The summed E-state index contributed by atoms with van der Waals surface area (Å²) in [5, 5.41) is 45.6. The van der Waals surface area contributed by atoms with Gasteiger partial charge >= 0.3 is 31.2 Å². The number of allylic oxidation sites excluding steroid dienone is 2. The second-order valence-corrected chi connectivity index (χ2v) is 30.2. The summed E-state index contributed by atoms with van der Waals surface area (Å²) in [5.74, 6) is -2.30. The molecule has 74 heavy (non-hydrogen) atoms. The van der Waals surface area contributed by atoms with Crippen LogP contribution in [-0.4, -0.2) is 120 Å². The summed E-state index contributed by atoms with van der Waals surface area (Å²) < 4.78 is 133. The highest BCUT2D eigenvalue weighted by Gasteiger charge is 2.67. The molecule has 5 saturated carbocycles. The van der Waals surface area contributed by atoms with Gasteiger partial charge in [-0.1, -0.05) is 70.8 Å². The summed E-state index contributed by atoms with van der Waals surface area (Å²) >= 11 is 0. The first kappa shape index (κ1) is 56.1. The second-order valence-electron chi connectivity index (χ2n) is 27.0. The topological polar surface area (TPSA) is 290 Å². The van der Waals surface area contributed by atoms with Crippen LogP contribution in [0.1, 0.15) is 165 Å². The number of aliphatic hydroxyl groups excluding tert-OH is 3. The van der Waals surface area contributed by atoms with Crippen LogP contribution in [0.5, 0.6) is 0 Å². The van der Waals surface area contributed by atoms with Gasteiger partial charge in [0.2, 0.25) is 0 Å². The number of fused-ring (bicyclic) bond motifs is 10. The standard InChI is InChI=1S/C53H84O18S3/c1-26(31-11-13-33-29-20-41(68-72(58,59)60)37-22-39(54)43(70-74(64,65)66)25-51(37,8)35(29)16-18-49(31,33)6)10-15-44-53(57)23-38(48(4,5)71-53)47(67-44)27(2)32-12-14-34-30-21-42(69-73(61,62)63)45-28(3)46(56)40(55)24-52(45,9)36(30)17-19-50(32,34)7/h26-28,31-32,34-35,37-47,54-57H,10-25H2,1-9H3,(H,58,59,60)(H,61,62,63)(H,64,65,66). The van der Waals surface area contributed by atoms with Gasteiger partial charge in [0.25, 0.3) is 0 Å². The molecular formula is C53H84O18S3. The molecule has 10 aliphatic rings. The van der Waals surface area contributed by atoms with E-state index in [0.29, 0.717) is 19.3 Å². The van der Waals surface area contributed by atoms with Gasteiger partial charge in [0.1, 0.15) is 12.2 Å². The number of rotatable bonds is 12. The molecule has 0 aromatic heterocycles. The Labute approximate surface area is 439 Å². The molecule has 0 radical (unpaired) electrons. The fourth-order valence-electron chi connectivity index (χ4n) is 20.1. The molecule has 8 aliphatic carbocycles. The monoisotopic (exact) mass is 1100 g/mol. The van der Waals surface area contributed by atoms with Gasteiger partial charge < -0.3 is 29.9 Å². The molecule has 0 aromatic carbocycles. The lowest BCUT2D eigenvalue weighted by atomic mass is 9.47. The zero-order chi connectivity index (χ0) is 54.1. The summed E-state index contributed by atoms with van der Waals surface area (Å²) in [4.78, 5) is 0. The fourth-order valence-corrected chi connectivity index (χ4v) is 21.6. The molecule has 0 spiro atoms. The molecule has 18 nitrogen and oxygen atoms in total. The first-order chi connectivity index (χ1) is 34.0. The molecule has 2 aliphatic heterocycles. The van der Waals surface area contributed by atoms with E-state index >= 15 is 0 Å². The van der Waals surface area contributed by atoms with Crippen LogP contribution in [-0.2, 0) is 53.2 Å². The lowest BCUT2D eigenvalue weighted by Gasteiger charge is -2.59. The minimum atomic E-state index is -4.91. The SMILES string of the molecule is CC(CCC1OC(C(C)C2CCC3C4=C(CCC32C)C2(C)CC(O)C(O)C(C)C2C(OS(=O)(=O)O)C4)C2CC1(O)OC2(C)C)C1CCC2=C3CC(OS(=O)(=O)O)C4CC(O)C(OS(=O)(=O)O)CC4(C)C3CCC21C. The van der Waals surface area contributed by atoms with Gasteiger partial charge in [0.05, 0.1) is 42.2 Å². The number of aliphatic hydroxyl groups is 4. The van der Waals surface area contributed by atoms with Gasteiger partial charge in [0, 0.05) is 18.3 Å². The van der Waals surface area contributed by atoms with E-state index < -0.39 is 114 Å². The summed E-state index contributed by atoms with van der Waals surface area (Å²) in [6, 6.07) is 0. The number of hydrogen-bond donors (Lipinski definition) is 7. The maximum absolute atomic E-state index is 12.4. The lowest BCUT2D eigenvalue weighted by Crippen LogP contribution is -2.59. The highest BCUT2D eigenvalue weighted by molar-refractivity contribution is 7.81. The van der Waals surface area contributed by atoms with Gasteiger partial charge in [-0.15, -0.1) is 0 Å². The first-order valence-corrected chi connectivity index (χ1v) is 31.7. The van der Waals surface area contributed by atoms with Crippen molar-refractivity contribution in [2.24, 2.45) is 80.8 Å². The highest BCUT2D eigenvalue weighted by atomic mass is 32.3. The number of ether oxygens (including phenoxy) is 2. The van der Waals surface area contributed by atoms with E-state index in [1.807, 2.05) is 27.7 Å². The largest absolute Gasteiger partial charge is 0.397 e. The molecule has 0 aromatic rings. The van der Waals surface area contributed by atoms with E-state index in [1.165, 1.54) is 16.7 Å². The van der Waals surface area contributed by atoms with Crippen LogP contribution < -0.4 is 0 Å². The fraction of sp³-hybridized carbons (Fsp3) is 0.925. The van der Waals surface area contributed by atoms with Crippen LogP contribution in [0.3, 0.4) is 0 Å². The maximum atomic E-state index is 12.4.